The molecule has 0 aliphatic rings. The Morgan fingerprint density at radius 1 is 1.40 bits per heavy atom. The largest absolute Gasteiger partial charge is 0.396 e. The maximum atomic E-state index is 11.4. The Hall–Kier alpha value is -0.610. The quantitative estimate of drug-likeness (QED) is 0.600. The minimum atomic E-state index is -1.11. The molecule has 3 nitrogen and oxygen atoms in total. The molecule has 15 heavy (non-hydrogen) atoms. The third-order valence-electron chi connectivity index (χ3n) is 1.95. The topological polar surface area (TPSA) is 49.4 Å². The summed E-state index contributed by atoms with van der Waals surface area (Å²) in [6.07, 6.45) is -0.372. The Labute approximate surface area is 94.3 Å². The lowest BCUT2D eigenvalue weighted by atomic mass is 10.1. The Morgan fingerprint density at radius 3 is 2.80 bits per heavy atom. The van der Waals surface area contributed by atoms with Crippen LogP contribution in [0.5, 0.6) is 0 Å². The van der Waals surface area contributed by atoms with Gasteiger partial charge in [-0.15, -0.1) is 0 Å². The summed E-state index contributed by atoms with van der Waals surface area (Å²) in [6, 6.07) is 7.21. The third-order valence-corrected chi connectivity index (χ3v) is 2.32. The predicted molar refractivity (Wildman–Crippen MR) is 57.3 cm³/mol. The van der Waals surface area contributed by atoms with Gasteiger partial charge in [0.05, 0.1) is 6.61 Å². The van der Waals surface area contributed by atoms with Gasteiger partial charge < -0.3 is 9.84 Å². The molecule has 0 saturated carbocycles. The molecule has 0 fully saturated rings. The molecule has 0 bridgehead atoms. The Balaban J connectivity index is 2.37. The Kier molecular flexibility index (Phi) is 5.65. The molecular weight excluding hydrogens is 216 g/mol. The molecule has 0 saturated heterocycles. The van der Waals surface area contributed by atoms with E-state index < -0.39 is 6.29 Å². The second kappa shape index (κ2) is 6.80. The molecule has 1 aromatic carbocycles. The average Bonchev–Trinajstić information content (AvgIpc) is 2.22. The summed E-state index contributed by atoms with van der Waals surface area (Å²) >= 11 is 5.90. The van der Waals surface area contributed by atoms with E-state index >= 15 is 0 Å². The zero-order chi connectivity index (χ0) is 11.1. The lowest BCUT2D eigenvalue weighted by Gasteiger charge is -2.10. The minimum absolute atomic E-state index is 0.0405. The van der Waals surface area contributed by atoms with Gasteiger partial charge in [-0.1, -0.05) is 29.8 Å². The van der Waals surface area contributed by atoms with Crippen molar-refractivity contribution in [1.82, 2.24) is 0 Å². The highest BCUT2D eigenvalue weighted by molar-refractivity contribution is 6.31. The van der Waals surface area contributed by atoms with Gasteiger partial charge in [-0.25, -0.2) is 5.11 Å². The van der Waals surface area contributed by atoms with Crippen LogP contribution < -0.4 is 0 Å². The summed E-state index contributed by atoms with van der Waals surface area (Å²) in [7, 11) is 0. The number of aliphatic hydroxyl groups is 1. The van der Waals surface area contributed by atoms with E-state index in [9.17, 15) is 5.11 Å². The van der Waals surface area contributed by atoms with E-state index in [4.69, 9.17) is 21.4 Å². The number of hydrogen-bond donors (Lipinski definition) is 1. The van der Waals surface area contributed by atoms with Crippen molar-refractivity contribution in [2.24, 2.45) is 0 Å². The van der Waals surface area contributed by atoms with E-state index in [0.717, 1.165) is 5.56 Å². The average molecular weight is 230 g/mol. The van der Waals surface area contributed by atoms with Crippen molar-refractivity contribution in [1.29, 1.82) is 0 Å². The number of rotatable bonds is 6. The molecule has 1 radical (unpaired) electrons. The van der Waals surface area contributed by atoms with Gasteiger partial charge in [0.25, 0.3) is 0 Å². The van der Waals surface area contributed by atoms with Crippen LogP contribution in [0.3, 0.4) is 0 Å². The van der Waals surface area contributed by atoms with E-state index in [0.29, 0.717) is 11.4 Å². The predicted octanol–water partition coefficient (Wildman–Crippen LogP) is 2.04. The van der Waals surface area contributed by atoms with E-state index in [1.54, 1.807) is 6.07 Å². The molecule has 1 aromatic rings. The van der Waals surface area contributed by atoms with E-state index in [2.05, 4.69) is 0 Å². The van der Waals surface area contributed by atoms with Crippen LogP contribution in [0.4, 0.5) is 0 Å². The van der Waals surface area contributed by atoms with E-state index in [1.807, 2.05) is 18.2 Å². The number of hydrogen-bond acceptors (Lipinski definition) is 2. The van der Waals surface area contributed by atoms with Crippen LogP contribution in [-0.4, -0.2) is 24.6 Å². The van der Waals surface area contributed by atoms with Gasteiger partial charge in [-0.05, 0) is 18.1 Å². The highest BCUT2D eigenvalue weighted by Crippen LogP contribution is 2.17. The SMILES string of the molecule is [O]C(Cc1ccccc1Cl)OCCCO. The number of aliphatic hydroxyl groups excluding tert-OH is 1. The third kappa shape index (κ3) is 4.62. The van der Waals surface area contributed by atoms with Crippen LogP contribution in [0, 0.1) is 0 Å². The fraction of sp³-hybridized carbons (Fsp3) is 0.455. The first-order chi connectivity index (χ1) is 7.24. The highest BCUT2D eigenvalue weighted by Gasteiger charge is 2.09. The summed E-state index contributed by atoms with van der Waals surface area (Å²) in [4.78, 5) is 0. The molecule has 4 heteroatoms. The van der Waals surface area contributed by atoms with Gasteiger partial charge in [0.1, 0.15) is 0 Å². The van der Waals surface area contributed by atoms with Crippen molar-refractivity contribution in [3.8, 4) is 0 Å². The minimum Gasteiger partial charge on any atom is -0.396 e. The maximum Gasteiger partial charge on any atom is 0.195 e. The number of halogens is 1. The van der Waals surface area contributed by atoms with Gasteiger partial charge in [0, 0.05) is 18.1 Å². The first kappa shape index (κ1) is 12.5. The smallest absolute Gasteiger partial charge is 0.195 e. The van der Waals surface area contributed by atoms with Gasteiger partial charge in [-0.2, -0.15) is 0 Å². The van der Waals surface area contributed by atoms with Crippen molar-refractivity contribution in [3.63, 3.8) is 0 Å². The molecular formula is C11H14ClO3. The van der Waals surface area contributed by atoms with Gasteiger partial charge in [0.2, 0.25) is 0 Å². The first-order valence-corrected chi connectivity index (χ1v) is 5.23. The standard InChI is InChI=1S/C11H14ClO3/c12-10-5-2-1-4-9(10)8-11(14)15-7-3-6-13/h1-2,4-5,11,13H,3,6-8H2. The highest BCUT2D eigenvalue weighted by atomic mass is 35.5. The normalized spacial score (nSPS) is 12.7. The van der Waals surface area contributed by atoms with Crippen LogP contribution in [0.25, 0.3) is 0 Å². The van der Waals surface area contributed by atoms with Crippen molar-refractivity contribution in [3.05, 3.63) is 34.9 Å². The molecule has 0 spiro atoms. The molecule has 1 N–H and O–H groups in total. The summed E-state index contributed by atoms with van der Waals surface area (Å²) in [6.45, 7) is 0.327. The van der Waals surface area contributed by atoms with Crippen molar-refractivity contribution < 1.29 is 14.9 Å². The lowest BCUT2D eigenvalue weighted by Crippen LogP contribution is -2.15. The van der Waals surface area contributed by atoms with Crippen molar-refractivity contribution >= 4 is 11.6 Å². The van der Waals surface area contributed by atoms with Crippen LogP contribution >= 0.6 is 11.6 Å². The fourth-order valence-corrected chi connectivity index (χ4v) is 1.39. The second-order valence-corrected chi connectivity index (χ2v) is 3.58. The van der Waals surface area contributed by atoms with E-state index in [1.165, 1.54) is 0 Å². The van der Waals surface area contributed by atoms with Gasteiger partial charge in [0.15, 0.2) is 6.29 Å². The molecule has 1 atom stereocenters. The van der Waals surface area contributed by atoms with Crippen LogP contribution in [0.1, 0.15) is 12.0 Å². The Bertz CT molecular complexity index is 291. The molecule has 0 amide bonds. The summed E-state index contributed by atoms with van der Waals surface area (Å²) in [5.74, 6) is 0. The number of ether oxygens (including phenoxy) is 1. The Morgan fingerprint density at radius 2 is 2.13 bits per heavy atom. The van der Waals surface area contributed by atoms with E-state index in [-0.39, 0.29) is 19.6 Å². The van der Waals surface area contributed by atoms with Gasteiger partial charge in [-0.3, -0.25) is 0 Å². The molecule has 0 aliphatic heterocycles. The zero-order valence-electron chi connectivity index (χ0n) is 8.36. The van der Waals surface area contributed by atoms with Gasteiger partial charge >= 0.3 is 0 Å². The fourth-order valence-electron chi connectivity index (χ4n) is 1.18. The van der Waals surface area contributed by atoms with Crippen molar-refractivity contribution in [2.75, 3.05) is 13.2 Å². The molecule has 83 valence electrons. The summed E-state index contributed by atoms with van der Waals surface area (Å²) in [5.41, 5.74) is 0.795. The summed E-state index contributed by atoms with van der Waals surface area (Å²) in [5, 5.41) is 20.5. The van der Waals surface area contributed by atoms with Crippen LogP contribution in [0.15, 0.2) is 24.3 Å². The number of benzene rings is 1. The molecule has 1 rings (SSSR count). The monoisotopic (exact) mass is 229 g/mol. The lowest BCUT2D eigenvalue weighted by molar-refractivity contribution is -0.139. The maximum absolute atomic E-state index is 11.4. The zero-order valence-corrected chi connectivity index (χ0v) is 9.11. The summed E-state index contributed by atoms with van der Waals surface area (Å²) < 4.78 is 4.97. The van der Waals surface area contributed by atoms with Crippen LogP contribution in [-0.2, 0) is 16.3 Å². The van der Waals surface area contributed by atoms with Crippen molar-refractivity contribution in [2.45, 2.75) is 19.1 Å². The first-order valence-electron chi connectivity index (χ1n) is 4.85. The molecule has 0 aromatic heterocycles. The second-order valence-electron chi connectivity index (χ2n) is 3.17. The molecule has 0 heterocycles. The van der Waals surface area contributed by atoms with Crippen LogP contribution in [0.2, 0.25) is 5.02 Å². The molecule has 0 aliphatic carbocycles. The molecule has 1 unspecified atom stereocenters.